The molecule has 0 atom stereocenters. The van der Waals surface area contributed by atoms with Crippen LogP contribution < -0.4 is 5.56 Å². The molecule has 2 heterocycles. The Bertz CT molecular complexity index is 1020. The molecule has 24 heavy (non-hydrogen) atoms. The van der Waals surface area contributed by atoms with Crippen LogP contribution in [0.3, 0.4) is 0 Å². The summed E-state index contributed by atoms with van der Waals surface area (Å²) in [5.41, 5.74) is 3.65. The van der Waals surface area contributed by atoms with E-state index in [9.17, 15) is 14.4 Å². The summed E-state index contributed by atoms with van der Waals surface area (Å²) >= 11 is 0. The predicted octanol–water partition coefficient (Wildman–Crippen LogP) is 3.46. The van der Waals surface area contributed by atoms with Crippen LogP contribution in [0.5, 0.6) is 0 Å². The predicted molar refractivity (Wildman–Crippen MR) is 89.6 cm³/mol. The average Bonchev–Trinajstić information content (AvgIpc) is 2.97. The third-order valence-electron chi connectivity index (χ3n) is 4.15. The molecular formula is C18H17FN4O. The highest BCUT2D eigenvalue weighted by atomic mass is 19.1. The summed E-state index contributed by atoms with van der Waals surface area (Å²) in [5, 5.41) is 12.0. The third kappa shape index (κ3) is 2.38. The molecule has 0 saturated carbocycles. The van der Waals surface area contributed by atoms with Crippen molar-refractivity contribution in [2.75, 3.05) is 0 Å². The van der Waals surface area contributed by atoms with Gasteiger partial charge in [-0.25, -0.2) is 13.9 Å². The molecule has 0 aliphatic rings. The monoisotopic (exact) mass is 324 g/mol. The standard InChI is InChI=1S/C18H17FN4O/c1-10(2)15-16(12-4-5-13(7-19)11(3)6-12)22-17-14(8-20)9-21-23(17)18(15)24/h4-6,9-10,21H,7H2,1-3H3. The summed E-state index contributed by atoms with van der Waals surface area (Å²) in [4.78, 5) is 17.4. The lowest BCUT2D eigenvalue weighted by atomic mass is 9.96. The Balaban J connectivity index is 2.37. The zero-order chi connectivity index (χ0) is 17.4. The molecule has 0 fully saturated rings. The van der Waals surface area contributed by atoms with Crippen LogP contribution in [0, 0.1) is 18.3 Å². The summed E-state index contributed by atoms with van der Waals surface area (Å²) < 4.78 is 14.2. The zero-order valence-corrected chi connectivity index (χ0v) is 13.7. The molecule has 0 aliphatic heterocycles. The lowest BCUT2D eigenvalue weighted by Crippen LogP contribution is -2.22. The summed E-state index contributed by atoms with van der Waals surface area (Å²) in [6.07, 6.45) is 1.47. The second kappa shape index (κ2) is 5.93. The van der Waals surface area contributed by atoms with Crippen molar-refractivity contribution in [2.24, 2.45) is 0 Å². The van der Waals surface area contributed by atoms with Crippen LogP contribution in [-0.4, -0.2) is 14.6 Å². The van der Waals surface area contributed by atoms with Gasteiger partial charge in [0, 0.05) is 17.3 Å². The maximum absolute atomic E-state index is 12.9. The van der Waals surface area contributed by atoms with Crippen molar-refractivity contribution in [3.8, 4) is 17.3 Å². The lowest BCUT2D eigenvalue weighted by Gasteiger charge is -2.13. The SMILES string of the molecule is Cc1cc(-c2nc3c(C#N)c[nH]n3c(=O)c2C(C)C)ccc1CF. The van der Waals surface area contributed by atoms with Gasteiger partial charge in [-0.15, -0.1) is 0 Å². The molecule has 3 rings (SSSR count). The Morgan fingerprint density at radius 3 is 2.75 bits per heavy atom. The van der Waals surface area contributed by atoms with Gasteiger partial charge in [-0.2, -0.15) is 5.26 Å². The van der Waals surface area contributed by atoms with Crippen LogP contribution in [-0.2, 0) is 6.67 Å². The number of nitriles is 1. The van der Waals surface area contributed by atoms with E-state index in [0.717, 1.165) is 11.1 Å². The number of hydrogen-bond donors (Lipinski definition) is 1. The van der Waals surface area contributed by atoms with Crippen molar-refractivity contribution in [3.63, 3.8) is 0 Å². The molecule has 0 radical (unpaired) electrons. The summed E-state index contributed by atoms with van der Waals surface area (Å²) in [5.74, 6) is -0.0492. The number of hydrogen-bond acceptors (Lipinski definition) is 3. The van der Waals surface area contributed by atoms with E-state index in [1.54, 1.807) is 12.1 Å². The molecule has 122 valence electrons. The number of rotatable bonds is 3. The minimum absolute atomic E-state index is 0.0492. The highest BCUT2D eigenvalue weighted by Gasteiger charge is 2.20. The van der Waals surface area contributed by atoms with Crippen molar-refractivity contribution in [1.29, 1.82) is 5.26 Å². The second-order valence-electron chi connectivity index (χ2n) is 6.07. The Morgan fingerprint density at radius 2 is 2.17 bits per heavy atom. The van der Waals surface area contributed by atoms with Crippen molar-refractivity contribution >= 4 is 5.65 Å². The highest BCUT2D eigenvalue weighted by Crippen LogP contribution is 2.28. The number of aryl methyl sites for hydroxylation is 1. The van der Waals surface area contributed by atoms with Crippen LogP contribution >= 0.6 is 0 Å². The van der Waals surface area contributed by atoms with E-state index in [4.69, 9.17) is 0 Å². The van der Waals surface area contributed by atoms with Gasteiger partial charge in [-0.3, -0.25) is 9.89 Å². The normalized spacial score (nSPS) is 11.2. The summed E-state index contributed by atoms with van der Waals surface area (Å²) in [6, 6.07) is 7.34. The average molecular weight is 324 g/mol. The number of fused-ring (bicyclic) bond motifs is 1. The van der Waals surface area contributed by atoms with E-state index in [2.05, 4.69) is 10.1 Å². The van der Waals surface area contributed by atoms with E-state index in [1.165, 1.54) is 10.7 Å². The van der Waals surface area contributed by atoms with Gasteiger partial charge in [0.25, 0.3) is 5.56 Å². The van der Waals surface area contributed by atoms with Crippen molar-refractivity contribution < 1.29 is 4.39 Å². The third-order valence-corrected chi connectivity index (χ3v) is 4.15. The maximum atomic E-state index is 12.9. The Kier molecular flexibility index (Phi) is 3.94. The zero-order valence-electron chi connectivity index (χ0n) is 13.7. The van der Waals surface area contributed by atoms with Gasteiger partial charge >= 0.3 is 0 Å². The molecular weight excluding hydrogens is 307 g/mol. The molecule has 6 heteroatoms. The number of nitrogens with one attached hydrogen (secondary N) is 1. The quantitative estimate of drug-likeness (QED) is 0.801. The fourth-order valence-corrected chi connectivity index (χ4v) is 2.84. The van der Waals surface area contributed by atoms with E-state index in [0.29, 0.717) is 28.0 Å². The fraction of sp³-hybridized carbons (Fsp3) is 0.278. The molecule has 0 aliphatic carbocycles. The van der Waals surface area contributed by atoms with Crippen LogP contribution in [0.4, 0.5) is 4.39 Å². The minimum atomic E-state index is -0.533. The maximum Gasteiger partial charge on any atom is 0.276 e. The van der Waals surface area contributed by atoms with Crippen LogP contribution in [0.25, 0.3) is 16.9 Å². The fourth-order valence-electron chi connectivity index (χ4n) is 2.84. The van der Waals surface area contributed by atoms with Crippen LogP contribution in [0.1, 0.15) is 42.0 Å². The molecule has 5 nitrogen and oxygen atoms in total. The van der Waals surface area contributed by atoms with E-state index < -0.39 is 6.67 Å². The molecule has 0 bridgehead atoms. The molecule has 1 aromatic carbocycles. The molecule has 3 aromatic rings. The molecule has 0 saturated heterocycles. The number of halogens is 1. The summed E-state index contributed by atoms with van der Waals surface area (Å²) in [6.45, 7) is 5.14. The first kappa shape index (κ1) is 15.9. The largest absolute Gasteiger partial charge is 0.295 e. The van der Waals surface area contributed by atoms with E-state index >= 15 is 0 Å². The topological polar surface area (TPSA) is 73.9 Å². The number of aromatic nitrogens is 3. The van der Waals surface area contributed by atoms with Gasteiger partial charge in [0.1, 0.15) is 18.3 Å². The van der Waals surface area contributed by atoms with Gasteiger partial charge < -0.3 is 0 Å². The molecule has 1 N–H and O–H groups in total. The number of nitrogens with zero attached hydrogens (tertiary/aromatic N) is 3. The van der Waals surface area contributed by atoms with Crippen LogP contribution in [0.2, 0.25) is 0 Å². The Labute approximate surface area is 138 Å². The van der Waals surface area contributed by atoms with Gasteiger partial charge in [0.2, 0.25) is 0 Å². The van der Waals surface area contributed by atoms with Gasteiger partial charge in [0.15, 0.2) is 5.65 Å². The van der Waals surface area contributed by atoms with E-state index in [1.807, 2.05) is 32.9 Å². The van der Waals surface area contributed by atoms with Crippen molar-refractivity contribution in [2.45, 2.75) is 33.4 Å². The molecule has 0 spiro atoms. The van der Waals surface area contributed by atoms with Crippen molar-refractivity contribution in [3.05, 3.63) is 57.0 Å². The van der Waals surface area contributed by atoms with Gasteiger partial charge in [0.05, 0.1) is 5.69 Å². The molecule has 2 aromatic heterocycles. The first-order valence-electron chi connectivity index (χ1n) is 7.68. The number of H-pyrrole nitrogens is 1. The molecule has 0 unspecified atom stereocenters. The first-order chi connectivity index (χ1) is 11.5. The second-order valence-corrected chi connectivity index (χ2v) is 6.07. The van der Waals surface area contributed by atoms with E-state index in [-0.39, 0.29) is 11.5 Å². The Hall–Kier alpha value is -2.94. The summed E-state index contributed by atoms with van der Waals surface area (Å²) in [7, 11) is 0. The van der Waals surface area contributed by atoms with Gasteiger partial charge in [-0.1, -0.05) is 26.0 Å². The molecule has 0 amide bonds. The lowest BCUT2D eigenvalue weighted by molar-refractivity contribution is 0.483. The number of benzene rings is 1. The van der Waals surface area contributed by atoms with Crippen molar-refractivity contribution in [1.82, 2.24) is 14.6 Å². The highest BCUT2D eigenvalue weighted by molar-refractivity contribution is 5.69. The smallest absolute Gasteiger partial charge is 0.276 e. The minimum Gasteiger partial charge on any atom is -0.295 e. The number of aromatic amines is 1. The number of alkyl halides is 1. The van der Waals surface area contributed by atoms with Crippen LogP contribution in [0.15, 0.2) is 29.2 Å². The Morgan fingerprint density at radius 1 is 1.42 bits per heavy atom. The van der Waals surface area contributed by atoms with Gasteiger partial charge in [-0.05, 0) is 30.0 Å². The first-order valence-corrected chi connectivity index (χ1v) is 7.68.